The maximum absolute atomic E-state index is 11.6. The number of carbonyl (C=O) groups is 1. The number of benzene rings is 1. The lowest BCUT2D eigenvalue weighted by Gasteiger charge is -2.43. The van der Waals surface area contributed by atoms with Crippen LogP contribution < -0.4 is 0 Å². The van der Waals surface area contributed by atoms with Crippen LogP contribution in [0.5, 0.6) is 0 Å². The Morgan fingerprint density at radius 3 is 2.54 bits per heavy atom. The van der Waals surface area contributed by atoms with E-state index in [0.717, 1.165) is 18.4 Å². The van der Waals surface area contributed by atoms with Gasteiger partial charge < -0.3 is 9.84 Å². The Morgan fingerprint density at radius 2 is 1.89 bits per heavy atom. The highest BCUT2D eigenvalue weighted by Crippen LogP contribution is 2.52. The number of aliphatic hydroxyl groups is 1. The van der Waals surface area contributed by atoms with Crippen LogP contribution in [0.25, 0.3) is 5.57 Å². The molecule has 0 amide bonds. The molecule has 1 aromatic rings. The summed E-state index contributed by atoms with van der Waals surface area (Å²) in [5, 5.41) is 11.0. The number of allylic oxidation sites excluding steroid dienone is 3. The maximum atomic E-state index is 11.6. The molecule has 5 heteroatoms. The standard InChI is InChI=1S/C23H28Cl2O3/c1-22(2)12-17(14-5-8-19(24)20(25)9-14)18(23(3,4)13-22)7-6-16-10-15(26)11-21(27)28-16/h5-9,15-16,26H,10-13H2,1-4H3/b7-6+/t15-,16-/m0/s1. The fourth-order valence-corrected chi connectivity index (χ4v) is 5.03. The number of hydrogen-bond donors (Lipinski definition) is 1. The van der Waals surface area contributed by atoms with Gasteiger partial charge in [0, 0.05) is 6.42 Å². The van der Waals surface area contributed by atoms with Crippen molar-refractivity contribution in [2.45, 2.75) is 65.6 Å². The summed E-state index contributed by atoms with van der Waals surface area (Å²) in [6.45, 7) is 9.05. The molecule has 152 valence electrons. The molecule has 0 radical (unpaired) electrons. The van der Waals surface area contributed by atoms with Gasteiger partial charge in [0.05, 0.1) is 22.6 Å². The Labute approximate surface area is 177 Å². The van der Waals surface area contributed by atoms with Gasteiger partial charge in [0.2, 0.25) is 0 Å². The molecule has 1 fully saturated rings. The molecule has 0 aromatic heterocycles. The molecular weight excluding hydrogens is 395 g/mol. The van der Waals surface area contributed by atoms with Crippen LogP contribution in [-0.4, -0.2) is 23.3 Å². The van der Waals surface area contributed by atoms with Crippen molar-refractivity contribution in [3.8, 4) is 0 Å². The molecule has 0 unspecified atom stereocenters. The topological polar surface area (TPSA) is 46.5 Å². The van der Waals surface area contributed by atoms with Crippen LogP contribution in [0.3, 0.4) is 0 Å². The van der Waals surface area contributed by atoms with Gasteiger partial charge in [-0.1, -0.05) is 63.0 Å². The molecule has 0 spiro atoms. The Bertz CT molecular complexity index is 836. The van der Waals surface area contributed by atoms with E-state index in [0.29, 0.717) is 16.5 Å². The van der Waals surface area contributed by atoms with E-state index in [9.17, 15) is 9.90 Å². The number of rotatable bonds is 3. The summed E-state index contributed by atoms with van der Waals surface area (Å²) < 4.78 is 5.39. The van der Waals surface area contributed by atoms with E-state index in [4.69, 9.17) is 27.9 Å². The van der Waals surface area contributed by atoms with Crippen LogP contribution in [0.15, 0.2) is 35.9 Å². The fourth-order valence-electron chi connectivity index (χ4n) is 4.73. The summed E-state index contributed by atoms with van der Waals surface area (Å²) in [5.74, 6) is -0.351. The Hall–Kier alpha value is -1.29. The SMILES string of the molecule is CC1(C)CC(c2ccc(Cl)c(Cl)c2)=C(/C=C/[C@H]2C[C@H](O)CC(=O)O2)C(C)(C)C1. The van der Waals surface area contributed by atoms with E-state index in [2.05, 4.69) is 33.8 Å². The van der Waals surface area contributed by atoms with E-state index >= 15 is 0 Å². The van der Waals surface area contributed by atoms with Gasteiger partial charge in [-0.3, -0.25) is 4.79 Å². The van der Waals surface area contributed by atoms with Crippen molar-refractivity contribution < 1.29 is 14.6 Å². The molecular formula is C23H28Cl2O3. The number of cyclic esters (lactones) is 1. The molecule has 1 aromatic carbocycles. The van der Waals surface area contributed by atoms with Gasteiger partial charge in [-0.25, -0.2) is 0 Å². The molecule has 1 saturated heterocycles. The summed E-state index contributed by atoms with van der Waals surface area (Å²) >= 11 is 12.4. The average molecular weight is 423 g/mol. The second kappa shape index (κ2) is 7.85. The van der Waals surface area contributed by atoms with Gasteiger partial charge in [0.1, 0.15) is 6.10 Å². The molecule has 3 rings (SSSR count). The first kappa shape index (κ1) is 21.4. The maximum Gasteiger partial charge on any atom is 0.309 e. The Morgan fingerprint density at radius 1 is 1.18 bits per heavy atom. The van der Waals surface area contributed by atoms with E-state index < -0.39 is 12.2 Å². The fraction of sp³-hybridized carbons (Fsp3) is 0.522. The van der Waals surface area contributed by atoms with E-state index in [-0.39, 0.29) is 23.2 Å². The number of carbonyl (C=O) groups excluding carboxylic acids is 1. The van der Waals surface area contributed by atoms with E-state index in [1.807, 2.05) is 24.3 Å². The number of esters is 1. The molecule has 2 atom stereocenters. The van der Waals surface area contributed by atoms with E-state index in [1.54, 1.807) is 0 Å². The normalized spacial score (nSPS) is 27.2. The summed E-state index contributed by atoms with van der Waals surface area (Å²) in [5.41, 5.74) is 3.60. The second-order valence-electron chi connectivity index (χ2n) is 9.40. The first-order valence-corrected chi connectivity index (χ1v) is 10.5. The van der Waals surface area contributed by atoms with Crippen LogP contribution in [0.4, 0.5) is 0 Å². The Kier molecular flexibility index (Phi) is 6.01. The third-order valence-electron chi connectivity index (χ3n) is 5.57. The van der Waals surface area contributed by atoms with Crippen molar-refractivity contribution in [3.05, 3.63) is 51.5 Å². The minimum Gasteiger partial charge on any atom is -0.458 e. The van der Waals surface area contributed by atoms with Crippen molar-refractivity contribution in [2.75, 3.05) is 0 Å². The number of aliphatic hydroxyl groups excluding tert-OH is 1. The lowest BCUT2D eigenvalue weighted by molar-refractivity contribution is -0.156. The van der Waals surface area contributed by atoms with Crippen LogP contribution >= 0.6 is 23.2 Å². The molecule has 28 heavy (non-hydrogen) atoms. The van der Waals surface area contributed by atoms with Crippen LogP contribution in [0.2, 0.25) is 10.0 Å². The zero-order chi connectivity index (χ0) is 20.7. The van der Waals surface area contributed by atoms with Gasteiger partial charge in [-0.05, 0) is 58.6 Å². The van der Waals surface area contributed by atoms with Gasteiger partial charge in [-0.2, -0.15) is 0 Å². The van der Waals surface area contributed by atoms with Crippen LogP contribution in [0, 0.1) is 10.8 Å². The lowest BCUT2D eigenvalue weighted by Crippen LogP contribution is -2.32. The first-order valence-electron chi connectivity index (χ1n) is 9.72. The van der Waals surface area contributed by atoms with Gasteiger partial charge in [0.25, 0.3) is 0 Å². The Balaban J connectivity index is 2.04. The van der Waals surface area contributed by atoms with Gasteiger partial charge in [0.15, 0.2) is 0 Å². The molecule has 3 nitrogen and oxygen atoms in total. The summed E-state index contributed by atoms with van der Waals surface area (Å²) in [7, 11) is 0. The summed E-state index contributed by atoms with van der Waals surface area (Å²) in [4.78, 5) is 11.6. The zero-order valence-electron chi connectivity index (χ0n) is 16.9. The van der Waals surface area contributed by atoms with Crippen molar-refractivity contribution in [3.63, 3.8) is 0 Å². The molecule has 1 heterocycles. The van der Waals surface area contributed by atoms with Crippen molar-refractivity contribution in [2.24, 2.45) is 10.8 Å². The number of hydrogen-bond acceptors (Lipinski definition) is 3. The predicted molar refractivity (Wildman–Crippen MR) is 114 cm³/mol. The van der Waals surface area contributed by atoms with E-state index in [1.165, 1.54) is 11.1 Å². The zero-order valence-corrected chi connectivity index (χ0v) is 18.4. The quantitative estimate of drug-likeness (QED) is 0.588. The van der Waals surface area contributed by atoms with Crippen molar-refractivity contribution in [1.29, 1.82) is 0 Å². The highest BCUT2D eigenvalue weighted by molar-refractivity contribution is 6.42. The molecule has 1 aliphatic heterocycles. The van der Waals surface area contributed by atoms with Crippen LogP contribution in [-0.2, 0) is 9.53 Å². The summed E-state index contributed by atoms with van der Waals surface area (Å²) in [6.07, 6.45) is 5.40. The average Bonchev–Trinajstić information content (AvgIpc) is 2.53. The van der Waals surface area contributed by atoms with Gasteiger partial charge in [-0.15, -0.1) is 0 Å². The predicted octanol–water partition coefficient (Wildman–Crippen LogP) is 6.22. The summed E-state index contributed by atoms with van der Waals surface area (Å²) in [6, 6.07) is 5.77. The second-order valence-corrected chi connectivity index (χ2v) is 10.2. The molecule has 2 aliphatic rings. The molecule has 1 N–H and O–H groups in total. The molecule has 1 aliphatic carbocycles. The third-order valence-corrected chi connectivity index (χ3v) is 6.30. The molecule has 0 saturated carbocycles. The minimum absolute atomic E-state index is 0.0585. The highest BCUT2D eigenvalue weighted by atomic mass is 35.5. The first-order chi connectivity index (χ1) is 13.0. The molecule has 0 bridgehead atoms. The van der Waals surface area contributed by atoms with Crippen molar-refractivity contribution >= 4 is 34.7 Å². The van der Waals surface area contributed by atoms with Crippen LogP contribution in [0.1, 0.15) is 58.9 Å². The van der Waals surface area contributed by atoms with Crippen molar-refractivity contribution in [1.82, 2.24) is 0 Å². The monoisotopic (exact) mass is 422 g/mol. The smallest absolute Gasteiger partial charge is 0.309 e. The largest absolute Gasteiger partial charge is 0.458 e. The lowest BCUT2D eigenvalue weighted by atomic mass is 9.61. The highest BCUT2D eigenvalue weighted by Gasteiger charge is 2.38. The number of ether oxygens (including phenoxy) is 1. The minimum atomic E-state index is -0.641. The third kappa shape index (κ3) is 4.82. The number of halogens is 2. The van der Waals surface area contributed by atoms with Gasteiger partial charge >= 0.3 is 5.97 Å².